The number of anilines is 1. The number of carbonyl (C=O) groups excluding carboxylic acids is 1. The highest BCUT2D eigenvalue weighted by Crippen LogP contribution is 2.31. The van der Waals surface area contributed by atoms with E-state index in [9.17, 15) is 4.79 Å². The highest BCUT2D eigenvalue weighted by atomic mass is 32.1. The topological polar surface area (TPSA) is 42.4 Å². The van der Waals surface area contributed by atoms with Gasteiger partial charge in [0.2, 0.25) is 0 Å². The molecule has 0 bridgehead atoms. The first kappa shape index (κ1) is 11.4. The Morgan fingerprint density at radius 3 is 3.06 bits per heavy atom. The lowest BCUT2D eigenvalue weighted by atomic mass is 10.4. The molecule has 1 aliphatic carbocycles. The lowest BCUT2D eigenvalue weighted by molar-refractivity contribution is 0.0520. The molecule has 0 spiro atoms. The van der Waals surface area contributed by atoms with Gasteiger partial charge in [-0.3, -0.25) is 0 Å². The van der Waals surface area contributed by atoms with Gasteiger partial charge in [0.05, 0.1) is 6.61 Å². The molecule has 88 valence electrons. The van der Waals surface area contributed by atoms with Gasteiger partial charge in [0.25, 0.3) is 0 Å². The highest BCUT2D eigenvalue weighted by molar-refractivity contribution is 7.13. The van der Waals surface area contributed by atoms with Gasteiger partial charge in [-0.05, 0) is 25.7 Å². The largest absolute Gasteiger partial charge is 0.461 e. The Hall–Kier alpha value is -1.10. The summed E-state index contributed by atoms with van der Waals surface area (Å²) in [4.78, 5) is 17.8. The summed E-state index contributed by atoms with van der Waals surface area (Å²) < 4.78 is 4.90. The van der Waals surface area contributed by atoms with Crippen molar-refractivity contribution in [3.8, 4) is 0 Å². The molecule has 1 saturated carbocycles. The molecule has 1 aromatic rings. The molecule has 0 N–H and O–H groups in total. The zero-order valence-electron chi connectivity index (χ0n) is 9.60. The second-order valence-electron chi connectivity index (χ2n) is 4.06. The SMILES string of the molecule is CCOC(=O)c1csc(N(C)CC2CC2)n1. The minimum atomic E-state index is -0.329. The molecule has 5 heteroatoms. The lowest BCUT2D eigenvalue weighted by Crippen LogP contribution is -2.19. The van der Waals surface area contributed by atoms with Crippen LogP contribution < -0.4 is 4.90 Å². The average Bonchev–Trinajstić information content (AvgIpc) is 2.93. The van der Waals surface area contributed by atoms with Crippen molar-refractivity contribution in [3.63, 3.8) is 0 Å². The standard InChI is InChI=1S/C11H16N2O2S/c1-3-15-10(14)9-7-16-11(12-9)13(2)6-8-4-5-8/h7-8H,3-6H2,1-2H3. The summed E-state index contributed by atoms with van der Waals surface area (Å²) in [5.74, 6) is 0.491. The number of thiazole rings is 1. The second-order valence-corrected chi connectivity index (χ2v) is 4.90. The van der Waals surface area contributed by atoms with E-state index in [1.165, 1.54) is 24.2 Å². The zero-order chi connectivity index (χ0) is 11.5. The van der Waals surface area contributed by atoms with Crippen molar-refractivity contribution in [2.75, 3.05) is 25.1 Å². The van der Waals surface area contributed by atoms with Crippen molar-refractivity contribution in [1.29, 1.82) is 0 Å². The Balaban J connectivity index is 1.97. The maximum Gasteiger partial charge on any atom is 0.357 e. The molecule has 0 atom stereocenters. The van der Waals surface area contributed by atoms with Gasteiger partial charge in [-0.2, -0.15) is 0 Å². The van der Waals surface area contributed by atoms with Crippen LogP contribution in [0, 0.1) is 5.92 Å². The summed E-state index contributed by atoms with van der Waals surface area (Å²) in [5, 5.41) is 2.66. The Bertz CT molecular complexity index is 374. The van der Waals surface area contributed by atoms with Gasteiger partial charge in [-0.15, -0.1) is 11.3 Å². The first-order chi connectivity index (χ1) is 7.70. The Morgan fingerprint density at radius 2 is 2.44 bits per heavy atom. The van der Waals surface area contributed by atoms with Crippen molar-refractivity contribution >= 4 is 22.4 Å². The fraction of sp³-hybridized carbons (Fsp3) is 0.636. The number of aromatic nitrogens is 1. The molecule has 0 saturated heterocycles. The van der Waals surface area contributed by atoms with E-state index in [0.29, 0.717) is 12.3 Å². The van der Waals surface area contributed by atoms with E-state index in [1.807, 2.05) is 7.05 Å². The van der Waals surface area contributed by atoms with Crippen LogP contribution in [0.1, 0.15) is 30.3 Å². The predicted octanol–water partition coefficient (Wildman–Crippen LogP) is 2.17. The van der Waals surface area contributed by atoms with E-state index >= 15 is 0 Å². The van der Waals surface area contributed by atoms with E-state index in [1.54, 1.807) is 12.3 Å². The predicted molar refractivity (Wildman–Crippen MR) is 64.1 cm³/mol. The average molecular weight is 240 g/mol. The number of hydrogen-bond acceptors (Lipinski definition) is 5. The quantitative estimate of drug-likeness (QED) is 0.740. The third kappa shape index (κ3) is 2.72. The summed E-state index contributed by atoms with van der Waals surface area (Å²) >= 11 is 1.50. The number of rotatable bonds is 5. The van der Waals surface area contributed by atoms with E-state index < -0.39 is 0 Å². The molecule has 0 unspecified atom stereocenters. The summed E-state index contributed by atoms with van der Waals surface area (Å²) in [7, 11) is 2.02. The molecular formula is C11H16N2O2S. The summed E-state index contributed by atoms with van der Waals surface area (Å²) in [6.07, 6.45) is 2.64. The molecule has 0 aliphatic heterocycles. The van der Waals surface area contributed by atoms with Crippen LogP contribution >= 0.6 is 11.3 Å². The second kappa shape index (κ2) is 4.82. The Labute approximate surface area is 99.2 Å². The van der Waals surface area contributed by atoms with E-state index in [-0.39, 0.29) is 5.97 Å². The van der Waals surface area contributed by atoms with Gasteiger partial charge in [0.1, 0.15) is 0 Å². The molecule has 2 rings (SSSR count). The molecule has 1 aromatic heterocycles. The molecule has 0 radical (unpaired) electrons. The fourth-order valence-electron chi connectivity index (χ4n) is 1.50. The molecule has 1 aliphatic rings. The van der Waals surface area contributed by atoms with E-state index in [4.69, 9.17) is 4.74 Å². The van der Waals surface area contributed by atoms with Crippen molar-refractivity contribution in [2.45, 2.75) is 19.8 Å². The van der Waals surface area contributed by atoms with Crippen LogP contribution in [0.3, 0.4) is 0 Å². The van der Waals surface area contributed by atoms with Crippen molar-refractivity contribution < 1.29 is 9.53 Å². The van der Waals surface area contributed by atoms with Crippen LogP contribution in [0.25, 0.3) is 0 Å². The smallest absolute Gasteiger partial charge is 0.357 e. The number of carbonyl (C=O) groups is 1. The highest BCUT2D eigenvalue weighted by Gasteiger charge is 2.24. The van der Waals surface area contributed by atoms with Crippen LogP contribution in [-0.2, 0) is 4.74 Å². The molecule has 4 nitrogen and oxygen atoms in total. The first-order valence-corrected chi connectivity index (χ1v) is 6.42. The number of hydrogen-bond donors (Lipinski definition) is 0. The normalized spacial score (nSPS) is 14.9. The molecule has 1 heterocycles. The van der Waals surface area contributed by atoms with Gasteiger partial charge in [0.15, 0.2) is 10.8 Å². The number of ether oxygens (including phenoxy) is 1. The van der Waals surface area contributed by atoms with E-state index in [2.05, 4.69) is 9.88 Å². The van der Waals surface area contributed by atoms with Crippen LogP contribution in [0.5, 0.6) is 0 Å². The van der Waals surface area contributed by atoms with Crippen molar-refractivity contribution in [3.05, 3.63) is 11.1 Å². The van der Waals surface area contributed by atoms with Gasteiger partial charge in [-0.1, -0.05) is 0 Å². The lowest BCUT2D eigenvalue weighted by Gasteiger charge is -2.14. The third-order valence-corrected chi connectivity index (χ3v) is 3.49. The fourth-order valence-corrected chi connectivity index (χ4v) is 2.28. The first-order valence-electron chi connectivity index (χ1n) is 5.54. The summed E-state index contributed by atoms with van der Waals surface area (Å²) in [5.41, 5.74) is 0.421. The van der Waals surface area contributed by atoms with Crippen LogP contribution in [0.4, 0.5) is 5.13 Å². The number of nitrogens with zero attached hydrogens (tertiary/aromatic N) is 2. The third-order valence-electron chi connectivity index (χ3n) is 2.53. The van der Waals surface area contributed by atoms with Crippen molar-refractivity contribution in [1.82, 2.24) is 4.98 Å². The van der Waals surface area contributed by atoms with Crippen LogP contribution in [-0.4, -0.2) is 31.2 Å². The van der Waals surface area contributed by atoms with Crippen LogP contribution in [0.15, 0.2) is 5.38 Å². The molecule has 0 aromatic carbocycles. The van der Waals surface area contributed by atoms with Gasteiger partial charge in [0, 0.05) is 19.0 Å². The minimum Gasteiger partial charge on any atom is -0.461 e. The Morgan fingerprint density at radius 1 is 1.69 bits per heavy atom. The van der Waals surface area contributed by atoms with E-state index in [0.717, 1.165) is 17.6 Å². The van der Waals surface area contributed by atoms with Gasteiger partial charge in [-0.25, -0.2) is 9.78 Å². The maximum atomic E-state index is 11.4. The molecular weight excluding hydrogens is 224 g/mol. The number of esters is 1. The Kier molecular flexibility index (Phi) is 3.43. The molecule has 0 amide bonds. The van der Waals surface area contributed by atoms with Gasteiger partial charge >= 0.3 is 5.97 Å². The molecule has 16 heavy (non-hydrogen) atoms. The van der Waals surface area contributed by atoms with Crippen molar-refractivity contribution in [2.24, 2.45) is 5.92 Å². The summed E-state index contributed by atoms with van der Waals surface area (Å²) in [6, 6.07) is 0. The zero-order valence-corrected chi connectivity index (χ0v) is 10.4. The minimum absolute atomic E-state index is 0.329. The summed E-state index contributed by atoms with van der Waals surface area (Å²) in [6.45, 7) is 3.23. The van der Waals surface area contributed by atoms with Gasteiger partial charge < -0.3 is 9.64 Å². The monoisotopic (exact) mass is 240 g/mol. The molecule has 1 fully saturated rings. The maximum absolute atomic E-state index is 11.4. The van der Waals surface area contributed by atoms with Crippen LogP contribution in [0.2, 0.25) is 0 Å².